The van der Waals surface area contributed by atoms with Gasteiger partial charge in [-0.3, -0.25) is 9.30 Å². The monoisotopic (exact) mass is 319 g/mol. The first-order valence-electron chi connectivity index (χ1n) is 8.36. The summed E-state index contributed by atoms with van der Waals surface area (Å²) in [5.74, 6) is 0.899. The Morgan fingerprint density at radius 1 is 1.21 bits per heavy atom. The lowest BCUT2D eigenvalue weighted by molar-refractivity contribution is 0.230. The lowest BCUT2D eigenvalue weighted by Crippen LogP contribution is -2.50. The fourth-order valence-electron chi connectivity index (χ4n) is 4.00. The fourth-order valence-corrected chi connectivity index (χ4v) is 4.00. The number of rotatable bonds is 1. The maximum Gasteiger partial charge on any atom is 0.204 e. The van der Waals surface area contributed by atoms with Crippen molar-refractivity contribution in [3.8, 4) is 6.07 Å². The van der Waals surface area contributed by atoms with Gasteiger partial charge in [0.05, 0.1) is 22.7 Å². The highest BCUT2D eigenvalue weighted by Gasteiger charge is 2.32. The molecule has 2 aliphatic heterocycles. The van der Waals surface area contributed by atoms with Crippen LogP contribution in [0.3, 0.4) is 0 Å². The number of hydrogen-bond donors (Lipinski definition) is 0. The van der Waals surface area contributed by atoms with Gasteiger partial charge in [-0.2, -0.15) is 5.26 Å². The molecule has 2 aliphatic rings. The number of hydrogen-bond acceptors (Lipinski definition) is 6. The second kappa shape index (κ2) is 5.14. The van der Waals surface area contributed by atoms with Crippen LogP contribution in [0.25, 0.3) is 16.7 Å². The summed E-state index contributed by atoms with van der Waals surface area (Å²) in [5, 5.41) is 17.5. The van der Waals surface area contributed by atoms with Crippen molar-refractivity contribution in [3.63, 3.8) is 0 Å². The highest BCUT2D eigenvalue weighted by molar-refractivity contribution is 5.84. The molecular weight excluding hydrogens is 302 g/mol. The summed E-state index contributed by atoms with van der Waals surface area (Å²) < 4.78 is 1.94. The molecule has 1 atom stereocenters. The highest BCUT2D eigenvalue weighted by Crippen LogP contribution is 2.28. The zero-order chi connectivity index (χ0) is 16.1. The van der Waals surface area contributed by atoms with Crippen LogP contribution in [0.15, 0.2) is 24.5 Å². The first-order chi connectivity index (χ1) is 11.8. The molecule has 7 nitrogen and oxygen atoms in total. The van der Waals surface area contributed by atoms with E-state index in [2.05, 4.69) is 26.1 Å². The topological polar surface area (TPSA) is 73.3 Å². The minimum absolute atomic E-state index is 0.617. The van der Waals surface area contributed by atoms with E-state index < -0.39 is 0 Å². The van der Waals surface area contributed by atoms with Crippen molar-refractivity contribution in [1.29, 1.82) is 5.26 Å². The number of nitrogens with zero attached hydrogens (tertiary/aromatic N) is 7. The molecule has 4 heterocycles. The van der Waals surface area contributed by atoms with E-state index in [0.717, 1.165) is 42.1 Å². The van der Waals surface area contributed by atoms with E-state index in [1.807, 2.05) is 22.6 Å². The first-order valence-corrected chi connectivity index (χ1v) is 8.36. The SMILES string of the molecule is N#Cc1ccc2nc(N3CCN4CCCC4C3)c3nncn3c2c1. The molecule has 0 aliphatic carbocycles. The Bertz CT molecular complexity index is 970. The third-order valence-electron chi connectivity index (χ3n) is 5.23. The molecule has 0 radical (unpaired) electrons. The number of benzene rings is 1. The molecule has 24 heavy (non-hydrogen) atoms. The summed E-state index contributed by atoms with van der Waals surface area (Å²) in [5.41, 5.74) is 3.12. The maximum absolute atomic E-state index is 9.14. The van der Waals surface area contributed by atoms with Crippen LogP contribution >= 0.6 is 0 Å². The average Bonchev–Trinajstić information content (AvgIpc) is 3.29. The van der Waals surface area contributed by atoms with E-state index in [1.54, 1.807) is 6.33 Å². The summed E-state index contributed by atoms with van der Waals surface area (Å²) in [4.78, 5) is 9.79. The number of piperazine rings is 1. The molecule has 0 bridgehead atoms. The zero-order valence-corrected chi connectivity index (χ0v) is 13.3. The first kappa shape index (κ1) is 13.7. The van der Waals surface area contributed by atoms with Gasteiger partial charge in [0.1, 0.15) is 6.33 Å². The van der Waals surface area contributed by atoms with Crippen LogP contribution in [0.1, 0.15) is 18.4 Å². The molecule has 1 aromatic carbocycles. The Labute approximate surface area is 139 Å². The third kappa shape index (κ3) is 1.96. The quantitative estimate of drug-likeness (QED) is 0.675. The second-order valence-corrected chi connectivity index (χ2v) is 6.55. The Balaban J connectivity index is 1.65. The van der Waals surface area contributed by atoms with Crippen molar-refractivity contribution in [3.05, 3.63) is 30.1 Å². The van der Waals surface area contributed by atoms with Crippen molar-refractivity contribution in [2.24, 2.45) is 0 Å². The van der Waals surface area contributed by atoms with Gasteiger partial charge in [-0.05, 0) is 37.6 Å². The van der Waals surface area contributed by atoms with Gasteiger partial charge in [-0.15, -0.1) is 10.2 Å². The Kier molecular flexibility index (Phi) is 2.94. The van der Waals surface area contributed by atoms with Gasteiger partial charge in [-0.1, -0.05) is 0 Å². The molecule has 2 aromatic heterocycles. The zero-order valence-electron chi connectivity index (χ0n) is 13.3. The van der Waals surface area contributed by atoms with Crippen molar-refractivity contribution in [2.45, 2.75) is 18.9 Å². The minimum Gasteiger partial charge on any atom is -0.351 e. The smallest absolute Gasteiger partial charge is 0.204 e. The normalized spacial score (nSPS) is 21.3. The van der Waals surface area contributed by atoms with Crippen LogP contribution in [0.2, 0.25) is 0 Å². The summed E-state index contributed by atoms with van der Waals surface area (Å²) >= 11 is 0. The van der Waals surface area contributed by atoms with Gasteiger partial charge < -0.3 is 4.90 Å². The van der Waals surface area contributed by atoms with Crippen molar-refractivity contribution < 1.29 is 0 Å². The van der Waals surface area contributed by atoms with Gasteiger partial charge in [0.2, 0.25) is 5.65 Å². The third-order valence-corrected chi connectivity index (χ3v) is 5.23. The van der Waals surface area contributed by atoms with Gasteiger partial charge in [0.25, 0.3) is 0 Å². The second-order valence-electron chi connectivity index (χ2n) is 6.55. The highest BCUT2D eigenvalue weighted by atomic mass is 15.3. The summed E-state index contributed by atoms with van der Waals surface area (Å²) in [6.07, 6.45) is 4.26. The molecule has 5 rings (SSSR count). The average molecular weight is 319 g/mol. The molecule has 2 saturated heterocycles. The summed E-state index contributed by atoms with van der Waals surface area (Å²) in [6.45, 7) is 4.27. The number of anilines is 1. The number of fused-ring (bicyclic) bond motifs is 4. The molecule has 3 aromatic rings. The molecule has 0 N–H and O–H groups in total. The van der Waals surface area contributed by atoms with Crippen LogP contribution in [-0.4, -0.2) is 56.7 Å². The predicted octanol–water partition coefficient (Wildman–Crippen LogP) is 1.43. The van der Waals surface area contributed by atoms with Gasteiger partial charge in [0.15, 0.2) is 5.82 Å². The van der Waals surface area contributed by atoms with Gasteiger partial charge >= 0.3 is 0 Å². The van der Waals surface area contributed by atoms with Gasteiger partial charge in [0, 0.05) is 25.7 Å². The molecule has 120 valence electrons. The van der Waals surface area contributed by atoms with Crippen molar-refractivity contribution >= 4 is 22.5 Å². The van der Waals surface area contributed by atoms with Crippen LogP contribution in [0, 0.1) is 11.3 Å². The van der Waals surface area contributed by atoms with Gasteiger partial charge in [-0.25, -0.2) is 4.98 Å². The van der Waals surface area contributed by atoms with Crippen molar-refractivity contribution in [2.75, 3.05) is 31.1 Å². The van der Waals surface area contributed by atoms with Crippen LogP contribution in [0.4, 0.5) is 5.82 Å². The van der Waals surface area contributed by atoms with E-state index in [0.29, 0.717) is 11.6 Å². The Morgan fingerprint density at radius 2 is 2.17 bits per heavy atom. The molecule has 2 fully saturated rings. The van der Waals surface area contributed by atoms with E-state index in [9.17, 15) is 0 Å². The summed E-state index contributed by atoms with van der Waals surface area (Å²) in [6, 6.07) is 8.37. The molecule has 1 unspecified atom stereocenters. The molecular formula is C17H17N7. The maximum atomic E-state index is 9.14. The van der Waals surface area contributed by atoms with E-state index in [1.165, 1.54) is 19.4 Å². The summed E-state index contributed by atoms with van der Waals surface area (Å²) in [7, 11) is 0. The Hall–Kier alpha value is -2.72. The predicted molar refractivity (Wildman–Crippen MR) is 89.8 cm³/mol. The van der Waals surface area contributed by atoms with Crippen LogP contribution in [-0.2, 0) is 0 Å². The fraction of sp³-hybridized carbons (Fsp3) is 0.412. The molecule has 0 amide bonds. The Morgan fingerprint density at radius 3 is 3.08 bits per heavy atom. The largest absolute Gasteiger partial charge is 0.351 e. The molecule has 0 saturated carbocycles. The van der Waals surface area contributed by atoms with Crippen LogP contribution in [0.5, 0.6) is 0 Å². The lowest BCUT2D eigenvalue weighted by Gasteiger charge is -2.38. The van der Waals surface area contributed by atoms with E-state index in [4.69, 9.17) is 10.2 Å². The van der Waals surface area contributed by atoms with Crippen molar-refractivity contribution in [1.82, 2.24) is 24.5 Å². The van der Waals surface area contributed by atoms with Crippen LogP contribution < -0.4 is 4.90 Å². The molecule has 0 spiro atoms. The van der Waals surface area contributed by atoms with E-state index in [-0.39, 0.29) is 0 Å². The molecule has 7 heteroatoms. The standard InChI is InChI=1S/C17H17N7/c18-9-12-3-4-14-15(8-12)24-11-19-21-17(24)16(20-14)23-7-6-22-5-1-2-13(22)10-23/h3-4,8,11,13H,1-2,5-7,10H2. The van der Waals surface area contributed by atoms with E-state index >= 15 is 0 Å². The minimum atomic E-state index is 0.617. The lowest BCUT2D eigenvalue weighted by atomic mass is 10.1. The number of aromatic nitrogens is 4. The number of nitriles is 1.